The third-order valence-corrected chi connectivity index (χ3v) is 5.41. The summed E-state index contributed by atoms with van der Waals surface area (Å²) < 4.78 is 10.5. The van der Waals surface area contributed by atoms with Crippen LogP contribution in [0.2, 0.25) is 0 Å². The Labute approximate surface area is 192 Å². The highest BCUT2D eigenvalue weighted by atomic mass is 16.6. The lowest BCUT2D eigenvalue weighted by atomic mass is 9.87. The first-order chi connectivity index (χ1) is 16.3. The van der Waals surface area contributed by atoms with Crippen molar-refractivity contribution in [2.75, 3.05) is 6.54 Å². The van der Waals surface area contributed by atoms with Crippen molar-refractivity contribution in [1.29, 1.82) is 0 Å². The van der Waals surface area contributed by atoms with Crippen LogP contribution in [0, 0.1) is 10.1 Å². The molecule has 12 nitrogen and oxygen atoms in total. The normalized spacial score (nSPS) is 17.5. The Morgan fingerprint density at radius 1 is 1.15 bits per heavy atom. The summed E-state index contributed by atoms with van der Waals surface area (Å²) in [4.78, 5) is 48.9. The van der Waals surface area contributed by atoms with Crippen LogP contribution in [-0.2, 0) is 26.5 Å². The number of hydrogen-bond donors (Lipinski definition) is 1. The van der Waals surface area contributed by atoms with E-state index in [0.29, 0.717) is 17.5 Å². The number of hydrogen-bond acceptors (Lipinski definition) is 9. The number of ether oxygens (including phenoxy) is 1. The number of amides is 3. The molecule has 0 spiro atoms. The molecule has 4 rings (SSSR count). The van der Waals surface area contributed by atoms with Gasteiger partial charge in [0.25, 0.3) is 17.5 Å². The summed E-state index contributed by atoms with van der Waals surface area (Å²) in [5.74, 6) is -1.31. The molecule has 2 heterocycles. The number of rotatable bonds is 8. The molecule has 1 unspecified atom stereocenters. The molecule has 12 heteroatoms. The van der Waals surface area contributed by atoms with Crippen LogP contribution in [0.4, 0.5) is 10.5 Å². The molecule has 0 saturated carbocycles. The molecule has 3 amide bonds. The van der Waals surface area contributed by atoms with Crippen molar-refractivity contribution in [2.45, 2.75) is 25.5 Å². The average molecular weight is 465 g/mol. The summed E-state index contributed by atoms with van der Waals surface area (Å²) in [6.45, 7) is 0.813. The van der Waals surface area contributed by atoms with E-state index in [0.717, 1.165) is 4.90 Å². The molecule has 3 aromatic rings. The van der Waals surface area contributed by atoms with Crippen LogP contribution >= 0.6 is 0 Å². The smallest absolute Gasteiger partial charge is 0.326 e. The molecule has 34 heavy (non-hydrogen) atoms. The molecule has 1 aliphatic heterocycles. The standard InChI is InChI=1S/C22H19N5O7/c1-2-22(15-6-4-3-5-7-15)20(29)26(21(30)23-22)12-18(28)33-13-17-24-25-19(34-17)14-8-10-16(11-9-14)27(31)32/h3-11H,2,12-13H2,1H3,(H,23,30). The first-order valence-electron chi connectivity index (χ1n) is 10.3. The third-order valence-electron chi connectivity index (χ3n) is 5.41. The number of nitro benzene ring substituents is 1. The molecule has 1 N–H and O–H groups in total. The maximum absolute atomic E-state index is 13.1. The van der Waals surface area contributed by atoms with E-state index in [-0.39, 0.29) is 24.1 Å². The van der Waals surface area contributed by atoms with E-state index in [2.05, 4.69) is 15.5 Å². The van der Waals surface area contributed by atoms with E-state index < -0.39 is 34.9 Å². The summed E-state index contributed by atoms with van der Waals surface area (Å²) in [6, 6.07) is 13.6. The summed E-state index contributed by atoms with van der Waals surface area (Å²) in [5.41, 5.74) is -0.259. The number of benzene rings is 2. The van der Waals surface area contributed by atoms with E-state index in [1.807, 2.05) is 0 Å². The van der Waals surface area contributed by atoms with Gasteiger partial charge in [0.15, 0.2) is 6.61 Å². The van der Waals surface area contributed by atoms with Gasteiger partial charge in [-0.1, -0.05) is 37.3 Å². The molecule has 174 valence electrons. The number of nitrogens with one attached hydrogen (secondary N) is 1. The topological polar surface area (TPSA) is 158 Å². The fraction of sp³-hybridized carbons (Fsp3) is 0.227. The van der Waals surface area contributed by atoms with Crippen LogP contribution in [0.1, 0.15) is 24.8 Å². The third kappa shape index (κ3) is 4.20. The van der Waals surface area contributed by atoms with Crippen LogP contribution in [-0.4, -0.2) is 44.5 Å². The number of imide groups is 1. The summed E-state index contributed by atoms with van der Waals surface area (Å²) in [5, 5.41) is 21.0. The van der Waals surface area contributed by atoms with Gasteiger partial charge in [0.05, 0.1) is 4.92 Å². The number of aromatic nitrogens is 2. The van der Waals surface area contributed by atoms with Crippen molar-refractivity contribution >= 4 is 23.6 Å². The zero-order chi connectivity index (χ0) is 24.3. The molecule has 1 atom stereocenters. The largest absolute Gasteiger partial charge is 0.454 e. The van der Waals surface area contributed by atoms with Gasteiger partial charge in [0, 0.05) is 17.7 Å². The Kier molecular flexibility index (Phi) is 6.04. The molecular formula is C22H19N5O7. The number of non-ortho nitro benzene ring substituents is 1. The molecule has 0 aliphatic carbocycles. The first kappa shape index (κ1) is 22.6. The van der Waals surface area contributed by atoms with Gasteiger partial charge >= 0.3 is 12.0 Å². The highest BCUT2D eigenvalue weighted by molar-refractivity contribution is 6.09. The molecular weight excluding hydrogens is 446 g/mol. The van der Waals surface area contributed by atoms with Crippen molar-refractivity contribution in [3.05, 3.63) is 76.2 Å². The van der Waals surface area contributed by atoms with Gasteiger partial charge in [-0.3, -0.25) is 24.6 Å². The highest BCUT2D eigenvalue weighted by Crippen LogP contribution is 2.32. The molecule has 0 radical (unpaired) electrons. The van der Waals surface area contributed by atoms with Crippen molar-refractivity contribution in [1.82, 2.24) is 20.4 Å². The van der Waals surface area contributed by atoms with Gasteiger partial charge in [-0.25, -0.2) is 4.79 Å². The lowest BCUT2D eigenvalue weighted by molar-refractivity contribution is -0.384. The minimum absolute atomic E-state index is 0.0221. The van der Waals surface area contributed by atoms with Crippen molar-refractivity contribution in [2.24, 2.45) is 0 Å². The lowest BCUT2D eigenvalue weighted by Gasteiger charge is -2.25. The van der Waals surface area contributed by atoms with Crippen molar-refractivity contribution < 1.29 is 28.5 Å². The van der Waals surface area contributed by atoms with Gasteiger partial charge in [-0.05, 0) is 24.1 Å². The second-order valence-corrected chi connectivity index (χ2v) is 7.41. The van der Waals surface area contributed by atoms with Gasteiger partial charge in [0.2, 0.25) is 5.89 Å². The van der Waals surface area contributed by atoms with Crippen LogP contribution < -0.4 is 5.32 Å². The Morgan fingerprint density at radius 2 is 1.85 bits per heavy atom. The SMILES string of the molecule is CCC1(c2ccccc2)NC(=O)N(CC(=O)OCc2nnc(-c3ccc([N+](=O)[O-])cc3)o2)C1=O. The molecule has 0 bridgehead atoms. The van der Waals surface area contributed by atoms with Crippen LogP contribution in [0.5, 0.6) is 0 Å². The molecule has 2 aromatic carbocycles. The summed E-state index contributed by atoms with van der Waals surface area (Å²) >= 11 is 0. The number of urea groups is 1. The van der Waals surface area contributed by atoms with Crippen LogP contribution in [0.25, 0.3) is 11.5 Å². The van der Waals surface area contributed by atoms with Crippen molar-refractivity contribution in [3.63, 3.8) is 0 Å². The predicted molar refractivity (Wildman–Crippen MR) is 115 cm³/mol. The van der Waals surface area contributed by atoms with Gasteiger partial charge in [-0.15, -0.1) is 10.2 Å². The Hall–Kier alpha value is -4.61. The van der Waals surface area contributed by atoms with Crippen LogP contribution in [0.15, 0.2) is 59.0 Å². The maximum Gasteiger partial charge on any atom is 0.326 e. The zero-order valence-corrected chi connectivity index (χ0v) is 18.0. The predicted octanol–water partition coefficient (Wildman–Crippen LogP) is 2.55. The van der Waals surface area contributed by atoms with E-state index in [9.17, 15) is 24.5 Å². The fourth-order valence-corrected chi connectivity index (χ4v) is 3.60. The Morgan fingerprint density at radius 3 is 2.50 bits per heavy atom. The molecule has 1 aliphatic rings. The van der Waals surface area contributed by atoms with Gasteiger partial charge in [0.1, 0.15) is 12.1 Å². The lowest BCUT2D eigenvalue weighted by Crippen LogP contribution is -2.43. The highest BCUT2D eigenvalue weighted by Gasteiger charge is 2.51. The number of esters is 1. The monoisotopic (exact) mass is 465 g/mol. The van der Waals surface area contributed by atoms with Gasteiger partial charge in [-0.2, -0.15) is 0 Å². The number of nitrogens with zero attached hydrogens (tertiary/aromatic N) is 4. The summed E-state index contributed by atoms with van der Waals surface area (Å²) in [7, 11) is 0. The second kappa shape index (κ2) is 9.10. The minimum atomic E-state index is -1.25. The van der Waals surface area contributed by atoms with E-state index in [1.165, 1.54) is 24.3 Å². The quantitative estimate of drug-likeness (QED) is 0.228. The Bertz CT molecular complexity index is 1240. The van der Waals surface area contributed by atoms with Gasteiger partial charge < -0.3 is 14.5 Å². The fourth-order valence-electron chi connectivity index (χ4n) is 3.60. The molecule has 1 aromatic heterocycles. The Balaban J connectivity index is 1.38. The number of nitro groups is 1. The van der Waals surface area contributed by atoms with E-state index >= 15 is 0 Å². The minimum Gasteiger partial charge on any atom is -0.454 e. The molecule has 1 saturated heterocycles. The number of carbonyl (C=O) groups excluding carboxylic acids is 3. The molecule has 1 fully saturated rings. The van der Waals surface area contributed by atoms with E-state index in [4.69, 9.17) is 9.15 Å². The summed E-state index contributed by atoms with van der Waals surface area (Å²) in [6.07, 6.45) is 0.306. The number of carbonyl (C=O) groups is 3. The van der Waals surface area contributed by atoms with Crippen molar-refractivity contribution in [3.8, 4) is 11.5 Å². The first-order valence-corrected chi connectivity index (χ1v) is 10.3. The maximum atomic E-state index is 13.1. The van der Waals surface area contributed by atoms with E-state index in [1.54, 1.807) is 37.3 Å². The average Bonchev–Trinajstić information content (AvgIpc) is 3.42. The zero-order valence-electron chi connectivity index (χ0n) is 18.0. The second-order valence-electron chi connectivity index (χ2n) is 7.41. The van der Waals surface area contributed by atoms with Crippen LogP contribution in [0.3, 0.4) is 0 Å².